The number of hydrogen-bond donors (Lipinski definition) is 0. The first-order valence-corrected chi connectivity index (χ1v) is 19.2. The number of benzene rings is 9. The molecule has 0 radical (unpaired) electrons. The second-order valence-electron chi connectivity index (χ2n) is 14.1. The molecule has 0 saturated heterocycles. The summed E-state index contributed by atoms with van der Waals surface area (Å²) in [5.41, 5.74) is 16.3. The van der Waals surface area contributed by atoms with Crippen LogP contribution in [0.2, 0.25) is 0 Å². The third kappa shape index (κ3) is 5.95. The molecular formula is C54H38N2. The molecule has 10 aromatic rings. The Hall–Kier alpha value is -7.42. The van der Waals surface area contributed by atoms with E-state index in [1.54, 1.807) is 0 Å². The molecule has 10 rings (SSSR count). The Morgan fingerprint density at radius 3 is 1.46 bits per heavy atom. The van der Waals surface area contributed by atoms with Crippen LogP contribution in [-0.4, -0.2) is 4.57 Å². The molecule has 0 N–H and O–H groups in total. The van der Waals surface area contributed by atoms with Crippen molar-refractivity contribution in [1.82, 2.24) is 4.57 Å². The van der Waals surface area contributed by atoms with Crippen molar-refractivity contribution in [3.8, 4) is 50.2 Å². The number of rotatable bonds is 8. The zero-order valence-corrected chi connectivity index (χ0v) is 30.8. The Labute approximate surface area is 327 Å². The zero-order chi connectivity index (χ0) is 37.3. The number of nitrogens with zero attached hydrogens (tertiary/aromatic N) is 2. The molecule has 264 valence electrons. The standard InChI is InChI=1S/C54H38N2/c1-5-18-39(19-6-1)41-32-35-45(36-33-41)55(49-28-15-13-26-46(49)42-22-9-3-10-23-42)52-30-17-31-53-54(52)47-27-14-16-29-50(47)56(53)51-37-34-44(40-20-7-2-8-21-40)38-48(51)43-24-11-4-12-25-43/h1-38H. The molecule has 2 heteroatoms. The molecule has 1 aromatic heterocycles. The third-order valence-electron chi connectivity index (χ3n) is 10.8. The van der Waals surface area contributed by atoms with Crippen LogP contribution in [0, 0.1) is 0 Å². The molecule has 0 saturated carbocycles. The Morgan fingerprint density at radius 1 is 0.304 bits per heavy atom. The lowest BCUT2D eigenvalue weighted by Crippen LogP contribution is -2.11. The van der Waals surface area contributed by atoms with Gasteiger partial charge in [-0.3, -0.25) is 0 Å². The van der Waals surface area contributed by atoms with Gasteiger partial charge < -0.3 is 9.47 Å². The summed E-state index contributed by atoms with van der Waals surface area (Å²) >= 11 is 0. The summed E-state index contributed by atoms with van der Waals surface area (Å²) in [4.78, 5) is 2.45. The lowest BCUT2D eigenvalue weighted by molar-refractivity contribution is 1.18. The summed E-state index contributed by atoms with van der Waals surface area (Å²) < 4.78 is 2.46. The third-order valence-corrected chi connectivity index (χ3v) is 10.8. The van der Waals surface area contributed by atoms with E-state index in [1.165, 1.54) is 55.3 Å². The molecule has 0 unspecified atom stereocenters. The van der Waals surface area contributed by atoms with Gasteiger partial charge in [0.1, 0.15) is 0 Å². The van der Waals surface area contributed by atoms with Crippen molar-refractivity contribution in [2.75, 3.05) is 4.90 Å². The van der Waals surface area contributed by atoms with Gasteiger partial charge >= 0.3 is 0 Å². The van der Waals surface area contributed by atoms with E-state index in [4.69, 9.17) is 0 Å². The average Bonchev–Trinajstić information content (AvgIpc) is 3.63. The maximum Gasteiger partial charge on any atom is 0.0562 e. The van der Waals surface area contributed by atoms with Gasteiger partial charge in [-0.15, -0.1) is 0 Å². The SMILES string of the molecule is c1ccc(-c2ccc(N(c3ccccc3-c3ccccc3)c3cccc4c3c3ccccc3n4-c3ccc(-c4ccccc4)cc3-c3ccccc3)cc2)cc1. The van der Waals surface area contributed by atoms with Crippen LogP contribution in [0.4, 0.5) is 17.1 Å². The van der Waals surface area contributed by atoms with Crippen LogP contribution in [0.15, 0.2) is 231 Å². The lowest BCUT2D eigenvalue weighted by atomic mass is 9.97. The fraction of sp³-hybridized carbons (Fsp3) is 0. The average molecular weight is 715 g/mol. The minimum absolute atomic E-state index is 1.09. The summed E-state index contributed by atoms with van der Waals surface area (Å²) in [5.74, 6) is 0. The molecular weight excluding hydrogens is 677 g/mol. The van der Waals surface area contributed by atoms with E-state index >= 15 is 0 Å². The minimum Gasteiger partial charge on any atom is -0.309 e. The van der Waals surface area contributed by atoms with E-state index in [1.807, 2.05) is 0 Å². The van der Waals surface area contributed by atoms with Gasteiger partial charge in [-0.2, -0.15) is 0 Å². The highest BCUT2D eigenvalue weighted by molar-refractivity contribution is 6.17. The molecule has 0 aliphatic heterocycles. The van der Waals surface area contributed by atoms with Gasteiger partial charge in [-0.25, -0.2) is 0 Å². The molecule has 0 bridgehead atoms. The molecule has 0 spiro atoms. The van der Waals surface area contributed by atoms with Crippen LogP contribution in [0.3, 0.4) is 0 Å². The van der Waals surface area contributed by atoms with Crippen molar-refractivity contribution in [1.29, 1.82) is 0 Å². The van der Waals surface area contributed by atoms with Crippen LogP contribution >= 0.6 is 0 Å². The van der Waals surface area contributed by atoms with Gasteiger partial charge in [0.2, 0.25) is 0 Å². The zero-order valence-electron chi connectivity index (χ0n) is 30.8. The van der Waals surface area contributed by atoms with E-state index in [0.29, 0.717) is 0 Å². The van der Waals surface area contributed by atoms with Crippen molar-refractivity contribution in [3.63, 3.8) is 0 Å². The van der Waals surface area contributed by atoms with Crippen LogP contribution in [0.5, 0.6) is 0 Å². The fourth-order valence-corrected chi connectivity index (χ4v) is 8.21. The number of para-hydroxylation sites is 2. The lowest BCUT2D eigenvalue weighted by Gasteiger charge is -2.29. The molecule has 1 heterocycles. The number of hydrogen-bond acceptors (Lipinski definition) is 1. The Morgan fingerprint density at radius 2 is 0.786 bits per heavy atom. The first kappa shape index (κ1) is 33.2. The highest BCUT2D eigenvalue weighted by Crippen LogP contribution is 2.47. The van der Waals surface area contributed by atoms with Gasteiger partial charge in [0.05, 0.1) is 28.1 Å². The van der Waals surface area contributed by atoms with Gasteiger partial charge in [-0.05, 0) is 81.9 Å². The van der Waals surface area contributed by atoms with Gasteiger partial charge in [-0.1, -0.05) is 182 Å². The normalized spacial score (nSPS) is 11.2. The quantitative estimate of drug-likeness (QED) is 0.152. The Balaban J connectivity index is 1.24. The second-order valence-corrected chi connectivity index (χ2v) is 14.1. The van der Waals surface area contributed by atoms with E-state index in [2.05, 4.69) is 240 Å². The van der Waals surface area contributed by atoms with Crippen molar-refractivity contribution < 1.29 is 0 Å². The molecule has 2 nitrogen and oxygen atoms in total. The monoisotopic (exact) mass is 714 g/mol. The topological polar surface area (TPSA) is 8.17 Å². The first-order chi connectivity index (χ1) is 27.8. The van der Waals surface area contributed by atoms with E-state index in [9.17, 15) is 0 Å². The summed E-state index contributed by atoms with van der Waals surface area (Å²) in [6.07, 6.45) is 0. The van der Waals surface area contributed by atoms with E-state index in [0.717, 1.165) is 33.8 Å². The van der Waals surface area contributed by atoms with Crippen molar-refractivity contribution >= 4 is 38.9 Å². The number of anilines is 3. The van der Waals surface area contributed by atoms with E-state index in [-0.39, 0.29) is 0 Å². The molecule has 9 aromatic carbocycles. The maximum atomic E-state index is 2.46. The molecule has 0 aliphatic carbocycles. The second kappa shape index (κ2) is 14.4. The number of aromatic nitrogens is 1. The molecule has 0 fully saturated rings. The van der Waals surface area contributed by atoms with Crippen LogP contribution in [0.1, 0.15) is 0 Å². The molecule has 0 atom stereocenters. The van der Waals surface area contributed by atoms with Gasteiger partial charge in [0.25, 0.3) is 0 Å². The summed E-state index contributed by atoms with van der Waals surface area (Å²) in [7, 11) is 0. The molecule has 0 aliphatic rings. The van der Waals surface area contributed by atoms with Crippen LogP contribution < -0.4 is 4.90 Å². The van der Waals surface area contributed by atoms with Gasteiger partial charge in [0, 0.05) is 27.6 Å². The fourth-order valence-electron chi connectivity index (χ4n) is 8.21. The summed E-state index contributed by atoms with van der Waals surface area (Å²) in [6.45, 7) is 0. The maximum absolute atomic E-state index is 2.46. The van der Waals surface area contributed by atoms with E-state index < -0.39 is 0 Å². The molecule has 0 amide bonds. The Bertz CT molecular complexity index is 2930. The Kier molecular flexibility index (Phi) is 8.55. The smallest absolute Gasteiger partial charge is 0.0562 e. The van der Waals surface area contributed by atoms with Crippen LogP contribution in [-0.2, 0) is 0 Å². The predicted octanol–water partition coefficient (Wildman–Crippen LogP) is 14.9. The molecule has 56 heavy (non-hydrogen) atoms. The van der Waals surface area contributed by atoms with Gasteiger partial charge in [0.15, 0.2) is 0 Å². The first-order valence-electron chi connectivity index (χ1n) is 19.2. The number of fused-ring (bicyclic) bond motifs is 3. The summed E-state index contributed by atoms with van der Waals surface area (Å²) in [5, 5.41) is 2.40. The largest absolute Gasteiger partial charge is 0.309 e. The van der Waals surface area contributed by atoms with Crippen LogP contribution in [0.25, 0.3) is 72.0 Å². The predicted molar refractivity (Wildman–Crippen MR) is 237 cm³/mol. The highest BCUT2D eigenvalue weighted by Gasteiger charge is 2.24. The minimum atomic E-state index is 1.09. The highest BCUT2D eigenvalue weighted by atomic mass is 15.2. The van der Waals surface area contributed by atoms with Crippen molar-refractivity contribution in [3.05, 3.63) is 231 Å². The summed E-state index contributed by atoms with van der Waals surface area (Å²) in [6, 6.07) is 83.1. The van der Waals surface area contributed by atoms with Crippen molar-refractivity contribution in [2.24, 2.45) is 0 Å². The van der Waals surface area contributed by atoms with Crippen molar-refractivity contribution in [2.45, 2.75) is 0 Å².